The highest BCUT2D eigenvalue weighted by Gasteiger charge is 2.27. The summed E-state index contributed by atoms with van der Waals surface area (Å²) in [5.41, 5.74) is -0.410. The van der Waals surface area contributed by atoms with Crippen LogP contribution in [0.2, 0.25) is 0 Å². The average molecular weight is 267 g/mol. The Labute approximate surface area is 107 Å². The second-order valence-electron chi connectivity index (χ2n) is 4.41. The predicted octanol–water partition coefficient (Wildman–Crippen LogP) is -0.377. The van der Waals surface area contributed by atoms with Crippen molar-refractivity contribution in [2.24, 2.45) is 0 Å². The van der Waals surface area contributed by atoms with Crippen molar-refractivity contribution in [3.63, 3.8) is 0 Å². The van der Waals surface area contributed by atoms with Crippen LogP contribution in [0.1, 0.15) is 24.6 Å². The molecule has 0 radical (unpaired) electrons. The number of carboxylic acid groups (broad SMARTS) is 2. The SMILES string of the molecule is O=C(O)CN(CC(=O)O)c1cc(=O)[nH]c(C2CC2)n1. The van der Waals surface area contributed by atoms with Gasteiger partial charge in [-0.05, 0) is 12.8 Å². The van der Waals surface area contributed by atoms with Crippen LogP contribution in [0.4, 0.5) is 5.82 Å². The van der Waals surface area contributed by atoms with Crippen LogP contribution in [-0.2, 0) is 9.59 Å². The molecule has 0 saturated heterocycles. The number of aromatic amines is 1. The lowest BCUT2D eigenvalue weighted by Crippen LogP contribution is -2.36. The maximum absolute atomic E-state index is 11.5. The second kappa shape index (κ2) is 5.09. The summed E-state index contributed by atoms with van der Waals surface area (Å²) < 4.78 is 0. The molecule has 1 saturated carbocycles. The highest BCUT2D eigenvalue weighted by Crippen LogP contribution is 2.37. The molecule has 0 aliphatic heterocycles. The lowest BCUT2D eigenvalue weighted by molar-refractivity contribution is -0.136. The van der Waals surface area contributed by atoms with Crippen LogP contribution in [0.25, 0.3) is 0 Å². The van der Waals surface area contributed by atoms with Crippen LogP contribution in [0.5, 0.6) is 0 Å². The molecule has 8 heteroatoms. The van der Waals surface area contributed by atoms with Gasteiger partial charge in [0.2, 0.25) is 0 Å². The van der Waals surface area contributed by atoms with E-state index in [0.29, 0.717) is 5.82 Å². The van der Waals surface area contributed by atoms with Crippen molar-refractivity contribution in [3.05, 3.63) is 22.2 Å². The number of rotatable bonds is 6. The van der Waals surface area contributed by atoms with Gasteiger partial charge in [0, 0.05) is 12.0 Å². The van der Waals surface area contributed by atoms with Crippen LogP contribution >= 0.6 is 0 Å². The number of carboxylic acids is 2. The van der Waals surface area contributed by atoms with Crippen molar-refractivity contribution >= 4 is 17.8 Å². The fraction of sp³-hybridized carbons (Fsp3) is 0.455. The molecule has 0 spiro atoms. The van der Waals surface area contributed by atoms with Gasteiger partial charge in [-0.3, -0.25) is 14.4 Å². The molecule has 1 aliphatic carbocycles. The lowest BCUT2D eigenvalue weighted by atomic mass is 10.3. The predicted molar refractivity (Wildman–Crippen MR) is 64.3 cm³/mol. The van der Waals surface area contributed by atoms with Crippen LogP contribution < -0.4 is 10.5 Å². The molecule has 1 aliphatic rings. The molecule has 0 atom stereocenters. The van der Waals surface area contributed by atoms with Crippen molar-refractivity contribution in [1.82, 2.24) is 9.97 Å². The largest absolute Gasteiger partial charge is 0.480 e. The first-order chi connectivity index (χ1) is 8.95. The van der Waals surface area contributed by atoms with Crippen LogP contribution in [0, 0.1) is 0 Å². The smallest absolute Gasteiger partial charge is 0.323 e. The van der Waals surface area contributed by atoms with E-state index in [2.05, 4.69) is 9.97 Å². The Hall–Kier alpha value is -2.38. The van der Waals surface area contributed by atoms with Gasteiger partial charge in [-0.1, -0.05) is 0 Å². The number of carbonyl (C=O) groups is 2. The standard InChI is InChI=1S/C11H13N3O5/c15-8-3-7(12-11(13-8)6-1-2-6)14(4-9(16)17)5-10(18)19/h3,6H,1-2,4-5H2,(H,16,17)(H,18,19)(H,12,13,15). The molecule has 0 unspecified atom stereocenters. The number of aliphatic carboxylic acids is 2. The van der Waals surface area contributed by atoms with E-state index in [4.69, 9.17) is 10.2 Å². The third-order valence-electron chi connectivity index (χ3n) is 2.69. The van der Waals surface area contributed by atoms with E-state index in [1.165, 1.54) is 0 Å². The summed E-state index contributed by atoms with van der Waals surface area (Å²) in [6.07, 6.45) is 1.84. The van der Waals surface area contributed by atoms with Crippen molar-refractivity contribution in [2.75, 3.05) is 18.0 Å². The lowest BCUT2D eigenvalue weighted by Gasteiger charge is -2.19. The molecule has 0 bridgehead atoms. The van der Waals surface area contributed by atoms with Crippen molar-refractivity contribution in [2.45, 2.75) is 18.8 Å². The zero-order valence-electron chi connectivity index (χ0n) is 10.00. The molecule has 2 rings (SSSR count). The topological polar surface area (TPSA) is 124 Å². The number of aromatic nitrogens is 2. The van der Waals surface area contributed by atoms with Gasteiger partial charge in [-0.15, -0.1) is 0 Å². The first-order valence-electron chi connectivity index (χ1n) is 5.75. The Kier molecular flexibility index (Phi) is 3.50. The second-order valence-corrected chi connectivity index (χ2v) is 4.41. The monoisotopic (exact) mass is 267 g/mol. The minimum absolute atomic E-state index is 0.0791. The molecule has 19 heavy (non-hydrogen) atoms. The number of nitrogens with one attached hydrogen (secondary N) is 1. The molecule has 1 fully saturated rings. The molecule has 1 aromatic heterocycles. The summed E-state index contributed by atoms with van der Waals surface area (Å²) in [6, 6.07) is 1.11. The quantitative estimate of drug-likeness (QED) is 0.642. The molecular formula is C11H13N3O5. The van der Waals surface area contributed by atoms with E-state index < -0.39 is 30.6 Å². The van der Waals surface area contributed by atoms with Gasteiger partial charge < -0.3 is 20.1 Å². The Morgan fingerprint density at radius 2 is 1.89 bits per heavy atom. The summed E-state index contributed by atoms with van der Waals surface area (Å²) in [7, 11) is 0. The molecule has 0 amide bonds. The number of anilines is 1. The number of nitrogens with zero attached hydrogens (tertiary/aromatic N) is 2. The van der Waals surface area contributed by atoms with E-state index in [9.17, 15) is 14.4 Å². The van der Waals surface area contributed by atoms with Gasteiger partial charge in [0.25, 0.3) is 5.56 Å². The highest BCUT2D eigenvalue weighted by atomic mass is 16.4. The molecule has 0 aromatic carbocycles. The Bertz CT molecular complexity index is 548. The summed E-state index contributed by atoms with van der Waals surface area (Å²) in [5, 5.41) is 17.5. The molecule has 1 aromatic rings. The molecular weight excluding hydrogens is 254 g/mol. The summed E-state index contributed by atoms with van der Waals surface area (Å²) in [6.45, 7) is -1.04. The number of hydrogen-bond acceptors (Lipinski definition) is 5. The summed E-state index contributed by atoms with van der Waals surface area (Å²) in [4.78, 5) is 40.7. The Balaban J connectivity index is 2.31. The summed E-state index contributed by atoms with van der Waals surface area (Å²) >= 11 is 0. The number of H-pyrrole nitrogens is 1. The summed E-state index contributed by atoms with van der Waals surface area (Å²) in [5.74, 6) is -1.62. The Morgan fingerprint density at radius 1 is 1.32 bits per heavy atom. The minimum atomic E-state index is -1.18. The Morgan fingerprint density at radius 3 is 2.37 bits per heavy atom. The van der Waals surface area contributed by atoms with E-state index in [-0.39, 0.29) is 11.7 Å². The van der Waals surface area contributed by atoms with E-state index in [1.807, 2.05) is 0 Å². The molecule has 102 valence electrons. The normalized spacial score (nSPS) is 14.1. The zero-order chi connectivity index (χ0) is 14.0. The van der Waals surface area contributed by atoms with Crippen LogP contribution in [0.3, 0.4) is 0 Å². The zero-order valence-corrected chi connectivity index (χ0v) is 10.00. The van der Waals surface area contributed by atoms with Gasteiger partial charge in [-0.25, -0.2) is 4.98 Å². The first-order valence-corrected chi connectivity index (χ1v) is 5.75. The van der Waals surface area contributed by atoms with Crippen molar-refractivity contribution in [3.8, 4) is 0 Å². The van der Waals surface area contributed by atoms with Crippen LogP contribution in [-0.4, -0.2) is 45.2 Å². The highest BCUT2D eigenvalue weighted by molar-refractivity contribution is 5.78. The average Bonchev–Trinajstić information content (AvgIpc) is 3.09. The van der Waals surface area contributed by atoms with E-state index in [0.717, 1.165) is 23.8 Å². The van der Waals surface area contributed by atoms with Gasteiger partial charge in [0.15, 0.2) is 0 Å². The molecule has 8 nitrogen and oxygen atoms in total. The molecule has 1 heterocycles. The van der Waals surface area contributed by atoms with Crippen molar-refractivity contribution in [1.29, 1.82) is 0 Å². The fourth-order valence-electron chi connectivity index (χ4n) is 1.72. The van der Waals surface area contributed by atoms with E-state index in [1.54, 1.807) is 0 Å². The number of hydrogen-bond donors (Lipinski definition) is 3. The first kappa shape index (κ1) is 13.1. The third-order valence-corrected chi connectivity index (χ3v) is 2.69. The van der Waals surface area contributed by atoms with Gasteiger partial charge >= 0.3 is 11.9 Å². The fourth-order valence-corrected chi connectivity index (χ4v) is 1.72. The maximum Gasteiger partial charge on any atom is 0.323 e. The van der Waals surface area contributed by atoms with Crippen molar-refractivity contribution < 1.29 is 19.8 Å². The minimum Gasteiger partial charge on any atom is -0.480 e. The van der Waals surface area contributed by atoms with E-state index >= 15 is 0 Å². The van der Waals surface area contributed by atoms with Gasteiger partial charge in [0.05, 0.1) is 0 Å². The van der Waals surface area contributed by atoms with Gasteiger partial charge in [-0.2, -0.15) is 0 Å². The van der Waals surface area contributed by atoms with Gasteiger partial charge in [0.1, 0.15) is 24.7 Å². The third kappa shape index (κ3) is 3.54. The molecule has 3 N–H and O–H groups in total. The van der Waals surface area contributed by atoms with Crippen LogP contribution in [0.15, 0.2) is 10.9 Å². The maximum atomic E-state index is 11.5.